The number of imidazole rings is 1. The molecule has 0 saturated carbocycles. The van der Waals surface area contributed by atoms with E-state index >= 15 is 0 Å². The van der Waals surface area contributed by atoms with Crippen molar-refractivity contribution < 1.29 is 9.53 Å². The van der Waals surface area contributed by atoms with E-state index in [1.165, 1.54) is 0 Å². The van der Waals surface area contributed by atoms with Gasteiger partial charge in [-0.3, -0.25) is 9.36 Å². The molecule has 2 saturated heterocycles. The summed E-state index contributed by atoms with van der Waals surface area (Å²) in [4.78, 5) is 30.5. The van der Waals surface area contributed by atoms with E-state index in [0.29, 0.717) is 24.8 Å². The molecule has 2 aliphatic rings. The molecule has 3 atom stereocenters. The number of hydrogen-bond donors (Lipinski definition) is 2. The van der Waals surface area contributed by atoms with Crippen molar-refractivity contribution in [3.05, 3.63) is 64.6 Å². The lowest BCUT2D eigenvalue weighted by atomic mass is 9.89. The van der Waals surface area contributed by atoms with Gasteiger partial charge in [0.1, 0.15) is 5.75 Å². The number of amides is 1. The second-order valence-electron chi connectivity index (χ2n) is 8.20. The SMILES string of the molecule is COc1ccc([C@H]2[C@H]3CNC[C@H]3CN2C(=O)CCn2c(=O)[nH]c3ccccc32)cc1.Cl. The Kier molecular flexibility index (Phi) is 6.07. The van der Waals surface area contributed by atoms with Gasteiger partial charge in [0.05, 0.1) is 24.2 Å². The third-order valence-corrected chi connectivity index (χ3v) is 6.57. The Morgan fingerprint density at radius 2 is 1.90 bits per heavy atom. The standard InChI is InChI=1S/C23H26N4O3.ClH/c1-30-17-8-6-15(7-9-17)22-18-13-24-12-16(18)14-27(22)21(28)10-11-26-20-5-3-2-4-19(20)25-23(26)29;/h2-9,16,18,22,24H,10-14H2,1H3,(H,25,29);1H/t16-,18-,22-;/m0./s1. The number of nitrogens with zero attached hydrogens (tertiary/aromatic N) is 2. The van der Waals surface area contributed by atoms with Crippen LogP contribution in [-0.2, 0) is 11.3 Å². The minimum atomic E-state index is -0.168. The van der Waals surface area contributed by atoms with Crippen molar-refractivity contribution in [2.45, 2.75) is 19.0 Å². The fourth-order valence-electron chi connectivity index (χ4n) is 5.09. The summed E-state index contributed by atoms with van der Waals surface area (Å²) < 4.78 is 6.95. The average Bonchev–Trinajstić information content (AvgIpc) is 3.44. The van der Waals surface area contributed by atoms with E-state index in [-0.39, 0.29) is 30.0 Å². The van der Waals surface area contributed by atoms with Crippen molar-refractivity contribution in [1.82, 2.24) is 19.8 Å². The first kappa shape index (κ1) is 21.5. The van der Waals surface area contributed by atoms with Gasteiger partial charge in [0.25, 0.3) is 0 Å². The van der Waals surface area contributed by atoms with E-state index in [1.54, 1.807) is 11.7 Å². The molecule has 1 amide bonds. The highest BCUT2D eigenvalue weighted by atomic mass is 35.5. The van der Waals surface area contributed by atoms with Crippen molar-refractivity contribution in [3.8, 4) is 5.75 Å². The number of rotatable bonds is 5. The Bertz CT molecular complexity index is 1120. The van der Waals surface area contributed by atoms with Gasteiger partial charge in [-0.1, -0.05) is 24.3 Å². The van der Waals surface area contributed by atoms with Crippen LogP contribution in [0.1, 0.15) is 18.0 Å². The molecule has 8 heteroatoms. The molecule has 5 rings (SSSR count). The molecular formula is C23H27ClN4O3. The van der Waals surface area contributed by atoms with Crippen molar-refractivity contribution in [2.24, 2.45) is 11.8 Å². The van der Waals surface area contributed by atoms with Crippen LogP contribution in [0.25, 0.3) is 11.0 Å². The summed E-state index contributed by atoms with van der Waals surface area (Å²) >= 11 is 0. The third kappa shape index (κ3) is 3.83. The predicted molar refractivity (Wildman–Crippen MR) is 122 cm³/mol. The number of aromatic nitrogens is 2. The van der Waals surface area contributed by atoms with Gasteiger partial charge >= 0.3 is 5.69 Å². The summed E-state index contributed by atoms with van der Waals surface area (Å²) in [5, 5.41) is 3.48. The van der Waals surface area contributed by atoms with Gasteiger partial charge in [-0.2, -0.15) is 0 Å². The number of halogens is 1. The lowest BCUT2D eigenvalue weighted by Gasteiger charge is -2.28. The number of ether oxygens (including phenoxy) is 1. The molecule has 0 spiro atoms. The number of methoxy groups -OCH3 is 1. The number of likely N-dealkylation sites (tertiary alicyclic amines) is 1. The van der Waals surface area contributed by atoms with E-state index in [4.69, 9.17) is 4.74 Å². The van der Waals surface area contributed by atoms with Crippen LogP contribution in [0, 0.1) is 11.8 Å². The van der Waals surface area contributed by atoms with Crippen LogP contribution < -0.4 is 15.7 Å². The number of aryl methyl sites for hydroxylation is 1. The molecule has 0 aliphatic carbocycles. The van der Waals surface area contributed by atoms with E-state index in [9.17, 15) is 9.59 Å². The zero-order chi connectivity index (χ0) is 20.7. The zero-order valence-corrected chi connectivity index (χ0v) is 18.2. The van der Waals surface area contributed by atoms with Gasteiger partial charge in [0.15, 0.2) is 0 Å². The first-order chi connectivity index (χ1) is 14.7. The van der Waals surface area contributed by atoms with Gasteiger partial charge < -0.3 is 19.9 Å². The zero-order valence-electron chi connectivity index (χ0n) is 17.4. The number of carbonyl (C=O) groups excluding carboxylic acids is 1. The van der Waals surface area contributed by atoms with Crippen LogP contribution in [0.15, 0.2) is 53.3 Å². The lowest BCUT2D eigenvalue weighted by molar-refractivity contribution is -0.132. The number of hydrogen-bond acceptors (Lipinski definition) is 4. The average molecular weight is 443 g/mol. The third-order valence-electron chi connectivity index (χ3n) is 6.57. The van der Waals surface area contributed by atoms with Crippen LogP contribution in [-0.4, -0.2) is 47.1 Å². The molecule has 1 aromatic heterocycles. The smallest absolute Gasteiger partial charge is 0.326 e. The maximum atomic E-state index is 13.3. The molecule has 164 valence electrons. The number of aromatic amines is 1. The first-order valence-electron chi connectivity index (χ1n) is 10.5. The number of para-hydroxylation sites is 2. The maximum Gasteiger partial charge on any atom is 0.326 e. The quantitative estimate of drug-likeness (QED) is 0.636. The summed E-state index contributed by atoms with van der Waals surface area (Å²) in [6.45, 7) is 3.01. The number of H-pyrrole nitrogens is 1. The van der Waals surface area contributed by atoms with Crippen LogP contribution in [0.2, 0.25) is 0 Å². The summed E-state index contributed by atoms with van der Waals surface area (Å²) in [5.41, 5.74) is 2.61. The molecular weight excluding hydrogens is 416 g/mol. The fourth-order valence-corrected chi connectivity index (χ4v) is 5.09. The van der Waals surface area contributed by atoms with Gasteiger partial charge in [-0.15, -0.1) is 12.4 Å². The molecule has 0 radical (unpaired) electrons. The molecule has 7 nitrogen and oxygen atoms in total. The number of carbonyl (C=O) groups is 1. The van der Waals surface area contributed by atoms with E-state index < -0.39 is 0 Å². The van der Waals surface area contributed by atoms with Gasteiger partial charge in [-0.25, -0.2) is 4.79 Å². The van der Waals surface area contributed by atoms with Gasteiger partial charge in [0, 0.05) is 38.5 Å². The largest absolute Gasteiger partial charge is 0.497 e. The van der Waals surface area contributed by atoms with E-state index in [2.05, 4.69) is 22.4 Å². The molecule has 31 heavy (non-hydrogen) atoms. The number of benzene rings is 2. The Labute approximate surface area is 186 Å². The lowest BCUT2D eigenvalue weighted by Crippen LogP contribution is -2.35. The maximum absolute atomic E-state index is 13.3. The van der Waals surface area contributed by atoms with Crippen LogP contribution in [0.3, 0.4) is 0 Å². The highest BCUT2D eigenvalue weighted by molar-refractivity contribution is 5.85. The minimum absolute atomic E-state index is 0. The topological polar surface area (TPSA) is 79.4 Å². The second kappa shape index (κ2) is 8.77. The molecule has 2 aliphatic heterocycles. The molecule has 0 unspecified atom stereocenters. The van der Waals surface area contributed by atoms with Gasteiger partial charge in [0.2, 0.25) is 5.91 Å². The fraction of sp³-hybridized carbons (Fsp3) is 0.391. The van der Waals surface area contributed by atoms with Crippen LogP contribution >= 0.6 is 12.4 Å². The molecule has 0 bridgehead atoms. The van der Waals surface area contributed by atoms with E-state index in [1.807, 2.05) is 41.3 Å². The first-order valence-corrected chi connectivity index (χ1v) is 10.5. The number of nitrogens with one attached hydrogen (secondary N) is 2. The molecule has 2 N–H and O–H groups in total. The van der Waals surface area contributed by atoms with Crippen LogP contribution in [0.5, 0.6) is 5.75 Å². The van der Waals surface area contributed by atoms with Gasteiger partial charge in [-0.05, 0) is 35.7 Å². The second-order valence-corrected chi connectivity index (χ2v) is 8.20. The summed E-state index contributed by atoms with van der Waals surface area (Å²) in [6, 6.07) is 15.7. The highest BCUT2D eigenvalue weighted by Crippen LogP contribution is 2.43. The van der Waals surface area contributed by atoms with Crippen molar-refractivity contribution in [2.75, 3.05) is 26.7 Å². The highest BCUT2D eigenvalue weighted by Gasteiger charge is 2.46. The normalized spacial score (nSPS) is 22.4. The molecule has 3 aromatic rings. The Morgan fingerprint density at radius 3 is 2.68 bits per heavy atom. The Morgan fingerprint density at radius 1 is 1.13 bits per heavy atom. The summed E-state index contributed by atoms with van der Waals surface area (Å²) in [6.07, 6.45) is 0.307. The summed E-state index contributed by atoms with van der Waals surface area (Å²) in [7, 11) is 1.66. The molecule has 3 heterocycles. The monoisotopic (exact) mass is 442 g/mol. The predicted octanol–water partition coefficient (Wildman–Crippen LogP) is 2.57. The Hall–Kier alpha value is -2.77. The number of fused-ring (bicyclic) bond motifs is 2. The van der Waals surface area contributed by atoms with E-state index in [0.717, 1.165) is 42.0 Å². The summed E-state index contributed by atoms with van der Waals surface area (Å²) in [5.74, 6) is 1.80. The minimum Gasteiger partial charge on any atom is -0.497 e. The molecule has 2 fully saturated rings. The molecule has 2 aromatic carbocycles. The van der Waals surface area contributed by atoms with Crippen LogP contribution in [0.4, 0.5) is 0 Å². The van der Waals surface area contributed by atoms with Crippen molar-refractivity contribution in [3.63, 3.8) is 0 Å². The van der Waals surface area contributed by atoms with Crippen molar-refractivity contribution >= 4 is 29.3 Å². The van der Waals surface area contributed by atoms with Crippen molar-refractivity contribution in [1.29, 1.82) is 0 Å². The Balaban J connectivity index is 0.00000231.